The lowest BCUT2D eigenvalue weighted by Crippen LogP contribution is -2.11. The molecular formula is C23H30INO3. The summed E-state index contributed by atoms with van der Waals surface area (Å²) in [6, 6.07) is 0. The quantitative estimate of drug-likeness (QED) is 0.259. The van der Waals surface area contributed by atoms with Crippen molar-refractivity contribution in [1.29, 1.82) is 0 Å². The Morgan fingerprint density at radius 1 is 1.36 bits per heavy atom. The number of hydrogen-bond acceptors (Lipinski definition) is 4. The molecule has 0 amide bonds. The van der Waals surface area contributed by atoms with Crippen LogP contribution < -0.4 is 0 Å². The Kier molecular flexibility index (Phi) is 8.89. The molecule has 28 heavy (non-hydrogen) atoms. The van der Waals surface area contributed by atoms with Gasteiger partial charge in [-0.2, -0.15) is 0 Å². The normalized spacial score (nSPS) is 19.4. The van der Waals surface area contributed by atoms with Gasteiger partial charge in [0, 0.05) is 18.8 Å². The zero-order valence-corrected chi connectivity index (χ0v) is 19.4. The SMILES string of the molecule is C=C1C=C(C(C)CCOCC(C)C)C=CC2=C1C(I)=NC/C2=C/CC(=O)OC. The van der Waals surface area contributed by atoms with Crippen molar-refractivity contribution < 1.29 is 14.3 Å². The summed E-state index contributed by atoms with van der Waals surface area (Å²) in [5.41, 5.74) is 5.40. The van der Waals surface area contributed by atoms with Crippen LogP contribution >= 0.6 is 22.6 Å². The number of carbonyl (C=O) groups is 1. The zero-order chi connectivity index (χ0) is 20.7. The summed E-state index contributed by atoms with van der Waals surface area (Å²) < 4.78 is 11.5. The van der Waals surface area contributed by atoms with Crippen LogP contribution in [0.5, 0.6) is 0 Å². The van der Waals surface area contributed by atoms with Crippen molar-refractivity contribution in [3.05, 3.63) is 58.7 Å². The van der Waals surface area contributed by atoms with Gasteiger partial charge in [-0.05, 0) is 63.1 Å². The number of dihydropyridines is 1. The van der Waals surface area contributed by atoms with E-state index in [1.54, 1.807) is 0 Å². The lowest BCUT2D eigenvalue weighted by atomic mass is 9.93. The first-order chi connectivity index (χ1) is 13.3. The minimum Gasteiger partial charge on any atom is -0.469 e. The van der Waals surface area contributed by atoms with Gasteiger partial charge in [0.15, 0.2) is 0 Å². The highest BCUT2D eigenvalue weighted by Gasteiger charge is 2.22. The van der Waals surface area contributed by atoms with Gasteiger partial charge in [0.1, 0.15) is 3.72 Å². The number of allylic oxidation sites excluding steroid dienone is 6. The number of methoxy groups -OCH3 is 1. The fraction of sp³-hybridized carbons (Fsp3) is 0.478. The lowest BCUT2D eigenvalue weighted by molar-refractivity contribution is -0.139. The fourth-order valence-corrected chi connectivity index (χ4v) is 3.91. The molecule has 5 heteroatoms. The standard InChI is InChI=1S/C23H30INO3/c1-15(2)14-28-11-10-16(3)18-6-8-20-19(7-9-21(26)27-5)13-25-23(24)22(20)17(4)12-18/h6-8,12,15-16H,4,9-11,13-14H2,1-3,5H3/b19-7-. The van der Waals surface area contributed by atoms with Crippen LogP contribution in [0.3, 0.4) is 0 Å². The number of ether oxygens (including phenoxy) is 2. The molecule has 4 nitrogen and oxygen atoms in total. The van der Waals surface area contributed by atoms with Crippen LogP contribution in [0.2, 0.25) is 0 Å². The van der Waals surface area contributed by atoms with E-state index in [-0.39, 0.29) is 12.4 Å². The minimum atomic E-state index is -0.246. The topological polar surface area (TPSA) is 47.9 Å². The van der Waals surface area contributed by atoms with Crippen molar-refractivity contribution in [1.82, 2.24) is 0 Å². The second-order valence-corrected chi connectivity index (χ2v) is 8.59. The number of carbonyl (C=O) groups excluding carboxylic acids is 1. The maximum Gasteiger partial charge on any atom is 0.309 e. The van der Waals surface area contributed by atoms with E-state index in [4.69, 9.17) is 9.47 Å². The third-order valence-corrected chi connectivity index (χ3v) is 5.65. The van der Waals surface area contributed by atoms with Crippen molar-refractivity contribution in [2.75, 3.05) is 26.9 Å². The molecule has 0 spiro atoms. The number of nitrogens with zero attached hydrogens (tertiary/aromatic N) is 1. The molecule has 0 saturated carbocycles. The highest BCUT2D eigenvalue weighted by Crippen LogP contribution is 2.35. The molecule has 2 aliphatic rings. The van der Waals surface area contributed by atoms with Gasteiger partial charge in [0.05, 0.1) is 20.1 Å². The Balaban J connectivity index is 2.17. The molecule has 1 atom stereocenters. The van der Waals surface area contributed by atoms with E-state index in [9.17, 15) is 4.79 Å². The van der Waals surface area contributed by atoms with Gasteiger partial charge >= 0.3 is 5.97 Å². The fourth-order valence-electron chi connectivity index (χ4n) is 3.10. The summed E-state index contributed by atoms with van der Waals surface area (Å²) in [6.45, 7) is 13.0. The number of rotatable bonds is 8. The molecule has 0 radical (unpaired) electrons. The first-order valence-corrected chi connectivity index (χ1v) is 10.8. The molecule has 0 saturated heterocycles. The van der Waals surface area contributed by atoms with E-state index in [0.717, 1.165) is 45.6 Å². The van der Waals surface area contributed by atoms with Crippen LogP contribution in [0.1, 0.15) is 33.6 Å². The van der Waals surface area contributed by atoms with E-state index < -0.39 is 0 Å². The molecule has 1 aliphatic heterocycles. The van der Waals surface area contributed by atoms with Crippen LogP contribution in [0.15, 0.2) is 63.7 Å². The maximum atomic E-state index is 11.5. The highest BCUT2D eigenvalue weighted by atomic mass is 127. The van der Waals surface area contributed by atoms with Gasteiger partial charge in [0.2, 0.25) is 0 Å². The molecule has 0 N–H and O–H groups in total. The number of aliphatic imine (C=N–C) groups is 1. The number of hydrogen-bond donors (Lipinski definition) is 0. The molecule has 2 rings (SSSR count). The molecule has 152 valence electrons. The van der Waals surface area contributed by atoms with Crippen molar-refractivity contribution in [3.8, 4) is 0 Å². The van der Waals surface area contributed by atoms with Crippen LogP contribution in [-0.2, 0) is 14.3 Å². The largest absolute Gasteiger partial charge is 0.469 e. The van der Waals surface area contributed by atoms with E-state index in [1.807, 2.05) is 6.08 Å². The molecule has 0 aromatic heterocycles. The van der Waals surface area contributed by atoms with Gasteiger partial charge in [-0.1, -0.05) is 51.7 Å². The van der Waals surface area contributed by atoms with Gasteiger partial charge in [0.25, 0.3) is 0 Å². The summed E-state index contributed by atoms with van der Waals surface area (Å²) in [5.74, 6) is 0.683. The van der Waals surface area contributed by atoms with Crippen molar-refractivity contribution in [2.45, 2.75) is 33.6 Å². The molecule has 1 aliphatic carbocycles. The average Bonchev–Trinajstić information content (AvgIpc) is 2.84. The van der Waals surface area contributed by atoms with E-state index in [0.29, 0.717) is 18.4 Å². The van der Waals surface area contributed by atoms with E-state index in [2.05, 4.69) is 73.2 Å². The number of halogens is 1. The Labute approximate surface area is 182 Å². The Bertz CT molecular complexity index is 769. The van der Waals surface area contributed by atoms with Crippen molar-refractivity contribution in [2.24, 2.45) is 16.8 Å². The van der Waals surface area contributed by atoms with E-state index in [1.165, 1.54) is 12.7 Å². The van der Waals surface area contributed by atoms with Gasteiger partial charge < -0.3 is 9.47 Å². The van der Waals surface area contributed by atoms with Crippen molar-refractivity contribution in [3.63, 3.8) is 0 Å². The summed E-state index contributed by atoms with van der Waals surface area (Å²) in [7, 11) is 1.41. The monoisotopic (exact) mass is 495 g/mol. The first kappa shape index (κ1) is 22.8. The van der Waals surface area contributed by atoms with Crippen LogP contribution in [0.25, 0.3) is 0 Å². The predicted octanol–water partition coefficient (Wildman–Crippen LogP) is 5.37. The molecule has 1 heterocycles. The summed E-state index contributed by atoms with van der Waals surface area (Å²) in [4.78, 5) is 16.2. The average molecular weight is 495 g/mol. The molecule has 0 fully saturated rings. The van der Waals surface area contributed by atoms with Crippen LogP contribution in [0.4, 0.5) is 0 Å². The summed E-state index contributed by atoms with van der Waals surface area (Å²) in [6.07, 6.45) is 9.60. The molecule has 0 aromatic carbocycles. The van der Waals surface area contributed by atoms with Gasteiger partial charge in [-0.15, -0.1) is 0 Å². The first-order valence-electron chi connectivity index (χ1n) is 9.71. The minimum absolute atomic E-state index is 0.246. The smallest absolute Gasteiger partial charge is 0.309 e. The van der Waals surface area contributed by atoms with Crippen LogP contribution in [0, 0.1) is 11.8 Å². The summed E-state index contributed by atoms with van der Waals surface area (Å²) in [5, 5.41) is 0. The Morgan fingerprint density at radius 2 is 2.11 bits per heavy atom. The second-order valence-electron chi connectivity index (χ2n) is 7.57. The van der Waals surface area contributed by atoms with Gasteiger partial charge in [-0.3, -0.25) is 9.79 Å². The lowest BCUT2D eigenvalue weighted by Gasteiger charge is -2.19. The summed E-state index contributed by atoms with van der Waals surface area (Å²) >= 11 is 2.27. The third-order valence-electron chi connectivity index (χ3n) is 4.77. The maximum absolute atomic E-state index is 11.5. The molecule has 1 unspecified atom stereocenters. The zero-order valence-electron chi connectivity index (χ0n) is 17.3. The second kappa shape index (κ2) is 10.9. The van der Waals surface area contributed by atoms with Crippen LogP contribution in [-0.4, -0.2) is 36.6 Å². The van der Waals surface area contributed by atoms with E-state index >= 15 is 0 Å². The predicted molar refractivity (Wildman–Crippen MR) is 124 cm³/mol. The highest BCUT2D eigenvalue weighted by molar-refractivity contribution is 14.1. The molecule has 0 bridgehead atoms. The van der Waals surface area contributed by atoms with Crippen molar-refractivity contribution >= 4 is 32.3 Å². The Morgan fingerprint density at radius 3 is 2.79 bits per heavy atom. The number of esters is 1. The Hall–Kier alpha value is -1.47. The third kappa shape index (κ3) is 6.27. The molecular weight excluding hydrogens is 465 g/mol. The van der Waals surface area contributed by atoms with Gasteiger partial charge in [-0.25, -0.2) is 0 Å². The molecule has 0 aromatic rings.